The molecule has 1 heterocycles. The lowest BCUT2D eigenvalue weighted by atomic mass is 10.2. The van der Waals surface area contributed by atoms with Gasteiger partial charge in [-0.05, 0) is 18.2 Å². The van der Waals surface area contributed by atoms with Gasteiger partial charge in [0.05, 0.1) is 0 Å². The van der Waals surface area contributed by atoms with E-state index >= 15 is 0 Å². The third-order valence-electron chi connectivity index (χ3n) is 1.53. The van der Waals surface area contributed by atoms with Crippen molar-refractivity contribution in [3.63, 3.8) is 0 Å². The molecule has 4 heteroatoms. The van der Waals surface area contributed by atoms with Crippen molar-refractivity contribution >= 4 is 6.29 Å². The van der Waals surface area contributed by atoms with Crippen LogP contribution < -0.4 is 21.9 Å². The molecule has 0 saturated heterocycles. The molecule has 1 aromatic carbocycles. The molecule has 0 unspecified atom stereocenters. The van der Waals surface area contributed by atoms with Gasteiger partial charge in [-0.25, -0.2) is 0 Å². The van der Waals surface area contributed by atoms with Gasteiger partial charge in [-0.15, -0.1) is 0 Å². The van der Waals surface area contributed by atoms with E-state index in [0.29, 0.717) is 17.1 Å². The number of carbonyl (C=O) groups excluding carboxylic acids is 1. The Bertz CT molecular complexity index is 298. The fraction of sp³-hybridized carbons (Fsp3) is 0.125. The summed E-state index contributed by atoms with van der Waals surface area (Å²) in [6.45, 7) is 0.248. The first-order valence-electron chi connectivity index (χ1n) is 3.25. The van der Waals surface area contributed by atoms with Gasteiger partial charge in [0.1, 0.15) is 6.29 Å². The minimum absolute atomic E-state index is 0. The van der Waals surface area contributed by atoms with Crippen molar-refractivity contribution in [2.24, 2.45) is 0 Å². The number of hydrogen-bond donors (Lipinski definition) is 0. The van der Waals surface area contributed by atoms with E-state index in [4.69, 9.17) is 9.47 Å². The lowest BCUT2D eigenvalue weighted by molar-refractivity contribution is -0.0000101. The predicted octanol–water partition coefficient (Wildman–Crippen LogP) is -1.77. The molecular formula is C8H6ClO3-. The lowest BCUT2D eigenvalue weighted by Crippen LogP contribution is -3.00. The quantitative estimate of drug-likeness (QED) is 0.486. The molecule has 12 heavy (non-hydrogen) atoms. The summed E-state index contributed by atoms with van der Waals surface area (Å²) in [6.07, 6.45) is 0.780. The molecule has 1 aliphatic rings. The molecule has 0 saturated carbocycles. The van der Waals surface area contributed by atoms with Crippen molar-refractivity contribution in [3.05, 3.63) is 23.8 Å². The van der Waals surface area contributed by atoms with Gasteiger partial charge in [0, 0.05) is 5.56 Å². The molecule has 0 atom stereocenters. The van der Waals surface area contributed by atoms with Crippen LogP contribution in [0.25, 0.3) is 0 Å². The zero-order valence-corrected chi connectivity index (χ0v) is 6.88. The maximum atomic E-state index is 10.3. The summed E-state index contributed by atoms with van der Waals surface area (Å²) >= 11 is 0. The Kier molecular flexibility index (Phi) is 2.55. The van der Waals surface area contributed by atoms with Crippen LogP contribution in [-0.2, 0) is 0 Å². The fourth-order valence-electron chi connectivity index (χ4n) is 0.986. The van der Waals surface area contributed by atoms with Crippen LogP contribution in [0.2, 0.25) is 0 Å². The van der Waals surface area contributed by atoms with E-state index in [1.54, 1.807) is 18.2 Å². The number of fused-ring (bicyclic) bond motifs is 1. The van der Waals surface area contributed by atoms with E-state index in [2.05, 4.69) is 0 Å². The van der Waals surface area contributed by atoms with Gasteiger partial charge in [0.25, 0.3) is 0 Å². The van der Waals surface area contributed by atoms with Crippen molar-refractivity contribution in [1.29, 1.82) is 0 Å². The average Bonchev–Trinajstić information content (AvgIpc) is 2.50. The number of aldehydes is 1. The van der Waals surface area contributed by atoms with Crippen LogP contribution in [0.15, 0.2) is 18.2 Å². The number of rotatable bonds is 1. The summed E-state index contributed by atoms with van der Waals surface area (Å²) in [5.74, 6) is 1.35. The predicted molar refractivity (Wildman–Crippen MR) is 38.0 cm³/mol. The first kappa shape index (κ1) is 8.87. The number of ether oxygens (including phenoxy) is 2. The Balaban J connectivity index is 0.000000720. The van der Waals surface area contributed by atoms with E-state index < -0.39 is 0 Å². The Morgan fingerprint density at radius 1 is 1.25 bits per heavy atom. The minimum atomic E-state index is 0. The molecular weight excluding hydrogens is 180 g/mol. The van der Waals surface area contributed by atoms with Crippen LogP contribution >= 0.6 is 0 Å². The second kappa shape index (κ2) is 3.45. The van der Waals surface area contributed by atoms with Gasteiger partial charge in [-0.1, -0.05) is 0 Å². The lowest BCUT2D eigenvalue weighted by Gasteiger charge is -1.94. The highest BCUT2D eigenvalue weighted by molar-refractivity contribution is 5.76. The third-order valence-corrected chi connectivity index (χ3v) is 1.53. The first-order valence-corrected chi connectivity index (χ1v) is 3.25. The largest absolute Gasteiger partial charge is 1.00 e. The summed E-state index contributed by atoms with van der Waals surface area (Å²) in [4.78, 5) is 10.3. The van der Waals surface area contributed by atoms with Crippen molar-refractivity contribution in [1.82, 2.24) is 0 Å². The van der Waals surface area contributed by atoms with E-state index in [1.807, 2.05) is 0 Å². The summed E-state index contributed by atoms with van der Waals surface area (Å²) < 4.78 is 10.1. The van der Waals surface area contributed by atoms with Crippen molar-refractivity contribution < 1.29 is 26.7 Å². The van der Waals surface area contributed by atoms with Gasteiger partial charge in [0.15, 0.2) is 11.5 Å². The molecule has 0 spiro atoms. The van der Waals surface area contributed by atoms with Crippen LogP contribution in [0.5, 0.6) is 11.5 Å². The van der Waals surface area contributed by atoms with E-state index in [0.717, 1.165) is 6.29 Å². The number of carbonyl (C=O) groups is 1. The number of hydrogen-bond acceptors (Lipinski definition) is 3. The molecule has 1 aliphatic heterocycles. The van der Waals surface area contributed by atoms with E-state index in [9.17, 15) is 4.79 Å². The summed E-state index contributed by atoms with van der Waals surface area (Å²) in [7, 11) is 0. The third kappa shape index (κ3) is 1.36. The molecule has 0 aliphatic carbocycles. The smallest absolute Gasteiger partial charge is 0.231 e. The highest BCUT2D eigenvalue weighted by Gasteiger charge is 2.12. The normalized spacial score (nSPS) is 12.0. The molecule has 0 amide bonds. The van der Waals surface area contributed by atoms with Gasteiger partial charge in [-0.2, -0.15) is 0 Å². The molecule has 0 fully saturated rings. The van der Waals surface area contributed by atoms with Gasteiger partial charge >= 0.3 is 0 Å². The second-order valence-corrected chi connectivity index (χ2v) is 2.23. The van der Waals surface area contributed by atoms with Gasteiger partial charge in [0.2, 0.25) is 6.79 Å². The average molecular weight is 186 g/mol. The zero-order chi connectivity index (χ0) is 7.68. The number of benzene rings is 1. The summed E-state index contributed by atoms with van der Waals surface area (Å²) in [5, 5.41) is 0. The van der Waals surface area contributed by atoms with Crippen molar-refractivity contribution in [2.45, 2.75) is 0 Å². The SMILES string of the molecule is O=Cc1ccc2c(c1)OCO2.[Cl-]. The molecule has 0 N–H and O–H groups in total. The summed E-state index contributed by atoms with van der Waals surface area (Å²) in [6, 6.07) is 5.09. The Morgan fingerprint density at radius 3 is 2.75 bits per heavy atom. The highest BCUT2D eigenvalue weighted by Crippen LogP contribution is 2.31. The second-order valence-electron chi connectivity index (χ2n) is 2.23. The Labute approximate surface area is 75.7 Å². The van der Waals surface area contributed by atoms with Crippen molar-refractivity contribution in [3.8, 4) is 11.5 Å². The Morgan fingerprint density at radius 2 is 2.00 bits per heavy atom. The van der Waals surface area contributed by atoms with Gasteiger partial charge < -0.3 is 21.9 Å². The maximum Gasteiger partial charge on any atom is 0.231 e. The molecule has 0 bridgehead atoms. The minimum Gasteiger partial charge on any atom is -1.00 e. The topological polar surface area (TPSA) is 35.5 Å². The molecule has 1 aromatic rings. The van der Waals surface area contributed by atoms with E-state index in [-0.39, 0.29) is 19.2 Å². The molecule has 2 rings (SSSR count). The van der Waals surface area contributed by atoms with Crippen molar-refractivity contribution in [2.75, 3.05) is 6.79 Å². The highest BCUT2D eigenvalue weighted by atomic mass is 35.5. The maximum absolute atomic E-state index is 10.3. The fourth-order valence-corrected chi connectivity index (χ4v) is 0.986. The monoisotopic (exact) mass is 185 g/mol. The molecule has 64 valence electrons. The summed E-state index contributed by atoms with van der Waals surface area (Å²) in [5.41, 5.74) is 0.606. The zero-order valence-electron chi connectivity index (χ0n) is 6.12. The van der Waals surface area contributed by atoms with Gasteiger partial charge in [-0.3, -0.25) is 4.79 Å². The number of halogens is 1. The van der Waals surface area contributed by atoms with Crippen LogP contribution in [0.3, 0.4) is 0 Å². The molecule has 3 nitrogen and oxygen atoms in total. The molecule has 0 aromatic heterocycles. The van der Waals surface area contributed by atoms with Crippen LogP contribution in [-0.4, -0.2) is 13.1 Å². The van der Waals surface area contributed by atoms with Crippen LogP contribution in [0, 0.1) is 0 Å². The van der Waals surface area contributed by atoms with Crippen LogP contribution in [0.1, 0.15) is 10.4 Å². The van der Waals surface area contributed by atoms with E-state index in [1.165, 1.54) is 0 Å². The standard InChI is InChI=1S/C8H6O3.ClH/c9-4-6-1-2-7-8(3-6)11-5-10-7;/h1-4H,5H2;1H/p-1. The first-order chi connectivity index (χ1) is 5.40. The molecule has 0 radical (unpaired) electrons. The Hall–Kier alpha value is -1.22. The van der Waals surface area contributed by atoms with Crippen LogP contribution in [0.4, 0.5) is 0 Å².